The van der Waals surface area contributed by atoms with Crippen LogP contribution in [0.5, 0.6) is 0 Å². The van der Waals surface area contributed by atoms with Crippen molar-refractivity contribution in [3.63, 3.8) is 0 Å². The van der Waals surface area contributed by atoms with Crippen LogP contribution < -0.4 is 16.2 Å². The fourth-order valence-electron chi connectivity index (χ4n) is 1.84. The van der Waals surface area contributed by atoms with Gasteiger partial charge in [-0.25, -0.2) is 4.98 Å². The van der Waals surface area contributed by atoms with Gasteiger partial charge >= 0.3 is 0 Å². The molecule has 0 fully saturated rings. The average Bonchev–Trinajstić information content (AvgIpc) is 2.44. The van der Waals surface area contributed by atoms with Gasteiger partial charge in [0.1, 0.15) is 5.56 Å². The monoisotopic (exact) mass is 262 g/mol. The second-order valence-electron chi connectivity index (χ2n) is 3.93. The summed E-state index contributed by atoms with van der Waals surface area (Å²) in [6.45, 7) is 1.21. The third-order valence-electron chi connectivity index (χ3n) is 2.74. The van der Waals surface area contributed by atoms with Crippen molar-refractivity contribution in [2.24, 2.45) is 0 Å². The van der Waals surface area contributed by atoms with Gasteiger partial charge in [-0.05, 0) is 19.2 Å². The van der Waals surface area contributed by atoms with Crippen LogP contribution in [0, 0.1) is 0 Å². The van der Waals surface area contributed by atoms with E-state index in [0.717, 1.165) is 0 Å². The van der Waals surface area contributed by atoms with Gasteiger partial charge < -0.3 is 15.8 Å². The highest BCUT2D eigenvalue weighted by molar-refractivity contribution is 5.98. The van der Waals surface area contributed by atoms with Crippen LogP contribution in [0.15, 0.2) is 23.1 Å². The Bertz CT molecular complexity index is 666. The number of nitrogens with zero attached hydrogens (tertiary/aromatic N) is 2. The van der Waals surface area contributed by atoms with E-state index in [9.17, 15) is 14.8 Å². The van der Waals surface area contributed by atoms with Crippen LogP contribution in [0.2, 0.25) is 0 Å². The lowest BCUT2D eigenvalue weighted by Gasteiger charge is -2.12. The van der Waals surface area contributed by atoms with Gasteiger partial charge in [0.2, 0.25) is 0 Å². The van der Waals surface area contributed by atoms with E-state index in [1.54, 1.807) is 19.2 Å². The lowest BCUT2D eigenvalue weighted by molar-refractivity contribution is 0.111. The summed E-state index contributed by atoms with van der Waals surface area (Å²) >= 11 is 0. The molecular formula is C12H14N4O3. The van der Waals surface area contributed by atoms with Gasteiger partial charge in [-0.2, -0.15) is 0 Å². The van der Waals surface area contributed by atoms with E-state index in [-0.39, 0.29) is 11.2 Å². The van der Waals surface area contributed by atoms with Crippen molar-refractivity contribution in [3.05, 3.63) is 34.2 Å². The Morgan fingerprint density at radius 2 is 2.26 bits per heavy atom. The number of fused-ring (bicyclic) bond motifs is 1. The van der Waals surface area contributed by atoms with Crippen LogP contribution >= 0.6 is 0 Å². The van der Waals surface area contributed by atoms with Crippen LogP contribution in [0.1, 0.15) is 10.4 Å². The molecule has 2 aromatic rings. The second kappa shape index (κ2) is 5.49. The van der Waals surface area contributed by atoms with E-state index < -0.39 is 5.56 Å². The maximum atomic E-state index is 11.9. The Morgan fingerprint density at radius 3 is 2.95 bits per heavy atom. The molecule has 7 nitrogen and oxygen atoms in total. The van der Waals surface area contributed by atoms with Gasteiger partial charge in [-0.15, -0.1) is 4.73 Å². The Balaban J connectivity index is 2.67. The van der Waals surface area contributed by atoms with Crippen LogP contribution in [0.3, 0.4) is 0 Å². The van der Waals surface area contributed by atoms with Crippen molar-refractivity contribution in [1.82, 2.24) is 15.0 Å². The van der Waals surface area contributed by atoms with Gasteiger partial charge in [0.25, 0.3) is 5.56 Å². The highest BCUT2D eigenvalue weighted by atomic mass is 16.5. The van der Waals surface area contributed by atoms with E-state index in [1.807, 2.05) is 0 Å². The number of nitrogens with one attached hydrogen (secondary N) is 2. The van der Waals surface area contributed by atoms with E-state index in [4.69, 9.17) is 0 Å². The fraction of sp³-hybridized carbons (Fsp3) is 0.250. The minimum absolute atomic E-state index is 0.112. The molecule has 0 spiro atoms. The number of hydrogen-bond donors (Lipinski definition) is 3. The zero-order valence-electron chi connectivity index (χ0n) is 10.4. The maximum Gasteiger partial charge on any atom is 0.297 e. The molecule has 0 unspecified atom stereocenters. The first-order valence-electron chi connectivity index (χ1n) is 5.77. The largest absolute Gasteiger partial charge is 0.423 e. The van der Waals surface area contributed by atoms with Crippen molar-refractivity contribution in [1.29, 1.82) is 0 Å². The number of carbonyl (C=O) groups excluding carboxylic acids is 1. The molecule has 0 atom stereocenters. The standard InChI is InChI=1S/C12H14N4O3/c1-13-5-6-14-10-8-3-2-4-15-11(8)16(19)12(18)9(10)7-17/h2-4,7,13-14,19H,5-6H2,1H3. The molecule has 0 aliphatic heterocycles. The minimum Gasteiger partial charge on any atom is -0.423 e. The normalized spacial score (nSPS) is 10.6. The summed E-state index contributed by atoms with van der Waals surface area (Å²) in [4.78, 5) is 26.9. The highest BCUT2D eigenvalue weighted by Crippen LogP contribution is 2.21. The first-order valence-corrected chi connectivity index (χ1v) is 5.77. The zero-order chi connectivity index (χ0) is 13.8. The van der Waals surface area contributed by atoms with Gasteiger partial charge in [-0.1, -0.05) is 0 Å². The molecule has 0 amide bonds. The number of anilines is 1. The molecule has 0 saturated heterocycles. The smallest absolute Gasteiger partial charge is 0.297 e. The number of carbonyl (C=O) groups is 1. The summed E-state index contributed by atoms with van der Waals surface area (Å²) in [5, 5.41) is 16.2. The molecule has 19 heavy (non-hydrogen) atoms. The molecule has 0 aromatic carbocycles. The minimum atomic E-state index is -0.784. The number of aromatic nitrogens is 2. The predicted octanol–water partition coefficient (Wildman–Crippen LogP) is 0.0776. The second-order valence-corrected chi connectivity index (χ2v) is 3.93. The van der Waals surface area contributed by atoms with Gasteiger partial charge in [0, 0.05) is 24.7 Å². The number of likely N-dealkylation sites (N-methyl/N-ethyl adjacent to an activating group) is 1. The molecule has 0 saturated carbocycles. The Morgan fingerprint density at radius 1 is 1.47 bits per heavy atom. The summed E-state index contributed by atoms with van der Waals surface area (Å²) in [6, 6.07) is 3.36. The molecule has 100 valence electrons. The SMILES string of the molecule is CNCCNc1c(C=O)c(=O)n(O)c2ncccc12. The summed E-state index contributed by atoms with van der Waals surface area (Å²) in [6.07, 6.45) is 1.90. The summed E-state index contributed by atoms with van der Waals surface area (Å²) in [7, 11) is 1.80. The molecule has 2 heterocycles. The maximum absolute atomic E-state index is 11.9. The summed E-state index contributed by atoms with van der Waals surface area (Å²) in [5.74, 6) is 0. The van der Waals surface area contributed by atoms with Crippen LogP contribution in [-0.2, 0) is 0 Å². The van der Waals surface area contributed by atoms with Crippen molar-refractivity contribution >= 4 is 23.0 Å². The van der Waals surface area contributed by atoms with Crippen molar-refractivity contribution in [2.45, 2.75) is 0 Å². The molecule has 2 rings (SSSR count). The lowest BCUT2D eigenvalue weighted by Crippen LogP contribution is -2.26. The fourth-order valence-corrected chi connectivity index (χ4v) is 1.84. The van der Waals surface area contributed by atoms with Gasteiger partial charge in [-0.3, -0.25) is 9.59 Å². The van der Waals surface area contributed by atoms with E-state index in [1.165, 1.54) is 6.20 Å². The van der Waals surface area contributed by atoms with E-state index in [2.05, 4.69) is 15.6 Å². The molecule has 0 aliphatic carbocycles. The lowest BCUT2D eigenvalue weighted by atomic mass is 10.1. The van der Waals surface area contributed by atoms with E-state index in [0.29, 0.717) is 35.2 Å². The van der Waals surface area contributed by atoms with Crippen molar-refractivity contribution in [2.75, 3.05) is 25.5 Å². The average molecular weight is 262 g/mol. The number of rotatable bonds is 5. The zero-order valence-corrected chi connectivity index (χ0v) is 10.4. The molecule has 2 aromatic heterocycles. The molecule has 3 N–H and O–H groups in total. The predicted molar refractivity (Wildman–Crippen MR) is 71.0 cm³/mol. The molecule has 0 aliphatic rings. The summed E-state index contributed by atoms with van der Waals surface area (Å²) < 4.78 is 0.391. The quantitative estimate of drug-likeness (QED) is 0.401. The molecular weight excluding hydrogens is 248 g/mol. The van der Waals surface area contributed by atoms with Gasteiger partial charge in [0.15, 0.2) is 11.9 Å². The third-order valence-corrected chi connectivity index (χ3v) is 2.74. The van der Waals surface area contributed by atoms with Crippen LogP contribution in [-0.4, -0.2) is 41.3 Å². The van der Waals surface area contributed by atoms with Gasteiger partial charge in [0.05, 0.1) is 5.69 Å². The van der Waals surface area contributed by atoms with Crippen LogP contribution in [0.25, 0.3) is 11.0 Å². The van der Waals surface area contributed by atoms with Crippen LogP contribution in [0.4, 0.5) is 5.69 Å². The highest BCUT2D eigenvalue weighted by Gasteiger charge is 2.16. The first kappa shape index (κ1) is 13.0. The molecule has 0 bridgehead atoms. The first-order chi connectivity index (χ1) is 9.20. The Kier molecular flexibility index (Phi) is 3.76. The van der Waals surface area contributed by atoms with E-state index >= 15 is 0 Å². The topological polar surface area (TPSA) is 96.2 Å². The molecule has 0 radical (unpaired) electrons. The third kappa shape index (κ3) is 2.27. The summed E-state index contributed by atoms with van der Waals surface area (Å²) in [5.41, 5.74) is -0.388. The number of aldehydes is 1. The number of pyridine rings is 2. The Hall–Kier alpha value is -2.41. The van der Waals surface area contributed by atoms with Crippen molar-refractivity contribution < 1.29 is 10.0 Å². The molecule has 7 heteroatoms. The Labute approximate surface area is 108 Å². The number of hydrogen-bond acceptors (Lipinski definition) is 6. The van der Waals surface area contributed by atoms with Crippen molar-refractivity contribution in [3.8, 4) is 0 Å².